The first kappa shape index (κ1) is 8.95. The van der Waals surface area contributed by atoms with E-state index in [4.69, 9.17) is 10.8 Å². The molecule has 1 fully saturated rings. The van der Waals surface area contributed by atoms with Gasteiger partial charge < -0.3 is 10.8 Å². The normalized spacial score (nSPS) is 22.2. The van der Waals surface area contributed by atoms with Gasteiger partial charge in [0, 0.05) is 6.54 Å². The predicted octanol–water partition coefficient (Wildman–Crippen LogP) is -1.58. The molecule has 1 rings (SSSR count). The highest BCUT2D eigenvalue weighted by Crippen LogP contribution is 2.15. The van der Waals surface area contributed by atoms with Crippen LogP contribution in [0.4, 0.5) is 0 Å². The number of carboxylic acids is 1. The van der Waals surface area contributed by atoms with Gasteiger partial charge in [-0.15, -0.1) is 0 Å². The summed E-state index contributed by atoms with van der Waals surface area (Å²) in [5.74, 6) is -1.53. The number of β-lactam (4-membered cyclic amide) rings is 1. The summed E-state index contributed by atoms with van der Waals surface area (Å²) >= 11 is 0. The number of amides is 1. The Balaban J connectivity index is 2.21. The van der Waals surface area contributed by atoms with Crippen LogP contribution in [-0.2, 0) is 14.4 Å². The molecular formula is C6H10N2O4. The van der Waals surface area contributed by atoms with Crippen molar-refractivity contribution in [2.75, 3.05) is 19.7 Å². The van der Waals surface area contributed by atoms with Crippen molar-refractivity contribution in [3.8, 4) is 0 Å². The molecule has 1 amide bonds. The van der Waals surface area contributed by atoms with Gasteiger partial charge in [0.25, 0.3) is 5.91 Å². The molecule has 1 heterocycles. The van der Waals surface area contributed by atoms with Gasteiger partial charge in [-0.3, -0.25) is 9.63 Å². The van der Waals surface area contributed by atoms with Crippen LogP contribution >= 0.6 is 0 Å². The van der Waals surface area contributed by atoms with Crippen molar-refractivity contribution in [1.29, 1.82) is 0 Å². The number of hydrogen-bond donors (Lipinski definition) is 2. The predicted molar refractivity (Wildman–Crippen MR) is 37.8 cm³/mol. The number of carbonyl (C=O) groups excluding carboxylic acids is 1. The number of nitrogens with zero attached hydrogens (tertiary/aromatic N) is 1. The molecule has 3 N–H and O–H groups in total. The molecule has 1 aliphatic heterocycles. The average Bonchev–Trinajstić information content (AvgIpc) is 2.02. The van der Waals surface area contributed by atoms with Crippen molar-refractivity contribution in [3.63, 3.8) is 0 Å². The molecule has 0 aliphatic carbocycles. The summed E-state index contributed by atoms with van der Waals surface area (Å²) in [6, 6.07) is 0. The first-order valence-electron chi connectivity index (χ1n) is 3.51. The zero-order chi connectivity index (χ0) is 9.14. The average molecular weight is 174 g/mol. The molecule has 12 heavy (non-hydrogen) atoms. The van der Waals surface area contributed by atoms with Crippen LogP contribution in [0.5, 0.6) is 0 Å². The summed E-state index contributed by atoms with van der Waals surface area (Å²) in [6.07, 6.45) is 0. The molecule has 0 bridgehead atoms. The van der Waals surface area contributed by atoms with Gasteiger partial charge in [0.15, 0.2) is 6.61 Å². The van der Waals surface area contributed by atoms with E-state index >= 15 is 0 Å². The first-order chi connectivity index (χ1) is 5.65. The molecule has 0 spiro atoms. The second-order valence-electron chi connectivity index (χ2n) is 2.50. The molecule has 1 saturated heterocycles. The minimum absolute atomic E-state index is 0.196. The number of rotatable bonds is 4. The lowest BCUT2D eigenvalue weighted by Crippen LogP contribution is -2.55. The van der Waals surface area contributed by atoms with Crippen LogP contribution in [0, 0.1) is 5.92 Å². The minimum Gasteiger partial charge on any atom is -0.479 e. The lowest BCUT2D eigenvalue weighted by molar-refractivity contribution is -0.221. The molecule has 68 valence electrons. The molecule has 6 nitrogen and oxygen atoms in total. The minimum atomic E-state index is -1.10. The van der Waals surface area contributed by atoms with Crippen LogP contribution in [0.15, 0.2) is 0 Å². The Labute approximate surface area is 68.8 Å². The first-order valence-corrected chi connectivity index (χ1v) is 3.51. The second-order valence-corrected chi connectivity index (χ2v) is 2.50. The number of aliphatic carboxylic acids is 1. The van der Waals surface area contributed by atoms with Crippen LogP contribution in [0.1, 0.15) is 0 Å². The molecular weight excluding hydrogens is 164 g/mol. The Hall–Kier alpha value is -1.14. The molecule has 0 aromatic heterocycles. The monoisotopic (exact) mass is 174 g/mol. The van der Waals surface area contributed by atoms with Crippen LogP contribution in [0.3, 0.4) is 0 Å². The quantitative estimate of drug-likeness (QED) is 0.502. The van der Waals surface area contributed by atoms with Crippen molar-refractivity contribution in [2.45, 2.75) is 0 Å². The Morgan fingerprint density at radius 3 is 2.92 bits per heavy atom. The van der Waals surface area contributed by atoms with E-state index in [9.17, 15) is 9.59 Å². The Bertz CT molecular complexity index is 206. The van der Waals surface area contributed by atoms with E-state index in [1.807, 2.05) is 0 Å². The highest BCUT2D eigenvalue weighted by atomic mass is 16.7. The fourth-order valence-corrected chi connectivity index (χ4v) is 0.884. The molecule has 0 radical (unpaired) electrons. The standard InChI is InChI=1S/C6H10N2O4/c7-1-4-2-8(6(4)11)12-3-5(9)10/h4H,1-3,7H2,(H,9,10)/t4-/m0/s1. The highest BCUT2D eigenvalue weighted by molar-refractivity contribution is 5.83. The summed E-state index contributed by atoms with van der Waals surface area (Å²) in [4.78, 5) is 25.6. The maximum Gasteiger partial charge on any atom is 0.332 e. The lowest BCUT2D eigenvalue weighted by atomic mass is 10.0. The van der Waals surface area contributed by atoms with Crippen molar-refractivity contribution in [2.24, 2.45) is 11.7 Å². The molecule has 6 heteroatoms. The SMILES string of the molecule is NC[C@H]1CN(OCC(=O)O)C1=O. The zero-order valence-electron chi connectivity index (χ0n) is 6.40. The largest absolute Gasteiger partial charge is 0.479 e. The van der Waals surface area contributed by atoms with E-state index in [1.54, 1.807) is 0 Å². The summed E-state index contributed by atoms with van der Waals surface area (Å²) in [7, 11) is 0. The zero-order valence-corrected chi connectivity index (χ0v) is 6.40. The van der Waals surface area contributed by atoms with E-state index in [0.717, 1.165) is 5.06 Å². The summed E-state index contributed by atoms with van der Waals surface area (Å²) in [5, 5.41) is 9.22. The third kappa shape index (κ3) is 1.72. The summed E-state index contributed by atoms with van der Waals surface area (Å²) in [5.41, 5.74) is 5.22. The smallest absolute Gasteiger partial charge is 0.332 e. The number of nitrogens with two attached hydrogens (primary N) is 1. The van der Waals surface area contributed by atoms with Gasteiger partial charge in [0.1, 0.15) is 0 Å². The summed E-state index contributed by atoms with van der Waals surface area (Å²) < 4.78 is 0. The van der Waals surface area contributed by atoms with Gasteiger partial charge in [-0.05, 0) is 0 Å². The Kier molecular flexibility index (Phi) is 2.61. The number of hydrogen-bond acceptors (Lipinski definition) is 4. The second kappa shape index (κ2) is 3.51. The molecule has 0 saturated carbocycles. The van der Waals surface area contributed by atoms with Crippen LogP contribution in [-0.4, -0.2) is 41.7 Å². The maximum atomic E-state index is 10.9. The van der Waals surface area contributed by atoms with Gasteiger partial charge in [-0.1, -0.05) is 0 Å². The van der Waals surface area contributed by atoms with Crippen LogP contribution in [0.2, 0.25) is 0 Å². The number of carbonyl (C=O) groups is 2. The fourth-order valence-electron chi connectivity index (χ4n) is 0.884. The van der Waals surface area contributed by atoms with E-state index in [2.05, 4.69) is 4.84 Å². The highest BCUT2D eigenvalue weighted by Gasteiger charge is 2.36. The van der Waals surface area contributed by atoms with E-state index in [-0.39, 0.29) is 18.4 Å². The van der Waals surface area contributed by atoms with Gasteiger partial charge in [0.05, 0.1) is 12.5 Å². The third-order valence-electron chi connectivity index (χ3n) is 1.61. The van der Waals surface area contributed by atoms with Gasteiger partial charge in [0.2, 0.25) is 0 Å². The van der Waals surface area contributed by atoms with E-state index in [0.29, 0.717) is 6.54 Å². The van der Waals surface area contributed by atoms with Crippen molar-refractivity contribution in [3.05, 3.63) is 0 Å². The Morgan fingerprint density at radius 2 is 2.50 bits per heavy atom. The van der Waals surface area contributed by atoms with Crippen molar-refractivity contribution in [1.82, 2.24) is 5.06 Å². The van der Waals surface area contributed by atoms with Crippen molar-refractivity contribution < 1.29 is 19.5 Å². The van der Waals surface area contributed by atoms with Crippen LogP contribution < -0.4 is 5.73 Å². The summed E-state index contributed by atoms with van der Waals surface area (Å²) in [6.45, 7) is 0.192. The van der Waals surface area contributed by atoms with E-state index in [1.165, 1.54) is 0 Å². The van der Waals surface area contributed by atoms with Gasteiger partial charge in [-0.25, -0.2) is 9.86 Å². The van der Waals surface area contributed by atoms with Crippen molar-refractivity contribution >= 4 is 11.9 Å². The van der Waals surface area contributed by atoms with Gasteiger partial charge >= 0.3 is 5.97 Å². The van der Waals surface area contributed by atoms with Gasteiger partial charge in [-0.2, -0.15) is 0 Å². The lowest BCUT2D eigenvalue weighted by Gasteiger charge is -2.35. The molecule has 0 unspecified atom stereocenters. The molecule has 1 aliphatic rings. The molecule has 1 atom stereocenters. The van der Waals surface area contributed by atoms with E-state index < -0.39 is 12.6 Å². The van der Waals surface area contributed by atoms with Crippen LogP contribution in [0.25, 0.3) is 0 Å². The fraction of sp³-hybridized carbons (Fsp3) is 0.667. The number of carboxylic acid groups (broad SMARTS) is 1. The topological polar surface area (TPSA) is 92.9 Å². The molecule has 0 aromatic carbocycles. The third-order valence-corrected chi connectivity index (χ3v) is 1.61. The number of hydroxylamine groups is 2. The molecule has 0 aromatic rings. The Morgan fingerprint density at radius 1 is 1.83 bits per heavy atom. The maximum absolute atomic E-state index is 10.9.